The quantitative estimate of drug-likeness (QED) is 0.532. The van der Waals surface area contributed by atoms with E-state index < -0.39 is 0 Å². The number of nitrogens with one attached hydrogen (secondary N) is 2. The highest BCUT2D eigenvalue weighted by molar-refractivity contribution is 5.93. The zero-order chi connectivity index (χ0) is 21.3. The van der Waals surface area contributed by atoms with Crippen molar-refractivity contribution < 1.29 is 9.47 Å². The molecule has 2 aromatic rings. The first-order valence-electron chi connectivity index (χ1n) is 10.6. The molecule has 1 aliphatic rings. The molecule has 7 heteroatoms. The van der Waals surface area contributed by atoms with Gasteiger partial charge in [0.05, 0.1) is 13.7 Å². The molecule has 1 aromatic heterocycles. The first-order chi connectivity index (χ1) is 14.6. The molecule has 1 aromatic carbocycles. The third-order valence-corrected chi connectivity index (χ3v) is 5.33. The smallest absolute Gasteiger partial charge is 0.195 e. The number of pyridine rings is 1. The zero-order valence-electron chi connectivity index (χ0n) is 18.4. The minimum atomic E-state index is 0.576. The van der Waals surface area contributed by atoms with E-state index in [9.17, 15) is 0 Å². The second-order valence-corrected chi connectivity index (χ2v) is 7.54. The predicted octanol–water partition coefficient (Wildman–Crippen LogP) is 3.91. The van der Waals surface area contributed by atoms with Crippen LogP contribution in [-0.2, 0) is 6.54 Å². The summed E-state index contributed by atoms with van der Waals surface area (Å²) in [5.41, 5.74) is 1.98. The van der Waals surface area contributed by atoms with Gasteiger partial charge < -0.3 is 25.0 Å². The Hall–Kier alpha value is -2.96. The van der Waals surface area contributed by atoms with Gasteiger partial charge >= 0.3 is 0 Å². The van der Waals surface area contributed by atoms with Gasteiger partial charge in [0, 0.05) is 44.6 Å². The number of hydrogen-bond acceptors (Lipinski definition) is 5. The van der Waals surface area contributed by atoms with Gasteiger partial charge in [0.15, 0.2) is 17.5 Å². The second-order valence-electron chi connectivity index (χ2n) is 7.54. The number of benzene rings is 1. The van der Waals surface area contributed by atoms with Crippen molar-refractivity contribution in [2.75, 3.05) is 44.1 Å². The van der Waals surface area contributed by atoms with Gasteiger partial charge in [-0.05, 0) is 49.4 Å². The molecule has 0 unspecified atom stereocenters. The number of aromatic nitrogens is 1. The van der Waals surface area contributed by atoms with Crippen LogP contribution in [0.5, 0.6) is 11.5 Å². The number of piperidine rings is 1. The average Bonchev–Trinajstić information content (AvgIpc) is 2.78. The average molecular weight is 412 g/mol. The molecule has 3 rings (SSSR count). The highest BCUT2D eigenvalue weighted by Crippen LogP contribution is 2.30. The van der Waals surface area contributed by atoms with E-state index in [1.807, 2.05) is 31.3 Å². The number of nitrogens with zero attached hydrogens (tertiary/aromatic N) is 3. The summed E-state index contributed by atoms with van der Waals surface area (Å²) in [6.07, 6.45) is 4.42. The molecule has 2 N–H and O–H groups in total. The molecule has 0 amide bonds. The number of rotatable bonds is 7. The lowest BCUT2D eigenvalue weighted by molar-refractivity contribution is 0.311. The second kappa shape index (κ2) is 10.7. The molecule has 0 bridgehead atoms. The van der Waals surface area contributed by atoms with E-state index >= 15 is 0 Å². The zero-order valence-corrected chi connectivity index (χ0v) is 18.4. The lowest BCUT2D eigenvalue weighted by Gasteiger charge is -2.31. The van der Waals surface area contributed by atoms with Crippen molar-refractivity contribution in [2.45, 2.75) is 33.2 Å². The van der Waals surface area contributed by atoms with Crippen LogP contribution in [0.2, 0.25) is 0 Å². The van der Waals surface area contributed by atoms with Crippen LogP contribution in [0.25, 0.3) is 0 Å². The molecule has 0 spiro atoms. The molecule has 1 fully saturated rings. The summed E-state index contributed by atoms with van der Waals surface area (Å²) in [5.74, 6) is 3.97. The highest BCUT2D eigenvalue weighted by atomic mass is 16.5. The number of aliphatic imine (C=N–C) groups is 1. The van der Waals surface area contributed by atoms with Crippen molar-refractivity contribution in [3.05, 3.63) is 42.1 Å². The molecule has 1 saturated heterocycles. The Morgan fingerprint density at radius 1 is 1.20 bits per heavy atom. The van der Waals surface area contributed by atoms with Crippen LogP contribution in [0.15, 0.2) is 41.5 Å². The molecule has 7 nitrogen and oxygen atoms in total. The van der Waals surface area contributed by atoms with Gasteiger partial charge in [-0.1, -0.05) is 13.0 Å². The fourth-order valence-electron chi connectivity index (χ4n) is 3.47. The maximum atomic E-state index is 5.64. The van der Waals surface area contributed by atoms with Crippen LogP contribution in [-0.4, -0.2) is 44.8 Å². The van der Waals surface area contributed by atoms with E-state index in [1.165, 1.54) is 12.8 Å². The molecular formula is C23H33N5O2. The SMILES string of the molecule is CCOc1cc(NC(=NC)NCc2ccc(N3CCC(C)CC3)nc2)ccc1OC. The Morgan fingerprint density at radius 3 is 2.63 bits per heavy atom. The first-order valence-corrected chi connectivity index (χ1v) is 10.6. The lowest BCUT2D eigenvalue weighted by Crippen LogP contribution is -2.33. The van der Waals surface area contributed by atoms with Crippen molar-refractivity contribution in [3.8, 4) is 11.5 Å². The normalized spacial score (nSPS) is 15.1. The van der Waals surface area contributed by atoms with Crippen LogP contribution in [0.3, 0.4) is 0 Å². The molecule has 30 heavy (non-hydrogen) atoms. The first kappa shape index (κ1) is 21.7. The van der Waals surface area contributed by atoms with Crippen molar-refractivity contribution in [2.24, 2.45) is 10.9 Å². The van der Waals surface area contributed by atoms with Gasteiger partial charge in [0.1, 0.15) is 5.82 Å². The summed E-state index contributed by atoms with van der Waals surface area (Å²) in [5, 5.41) is 6.62. The summed E-state index contributed by atoms with van der Waals surface area (Å²) in [6.45, 7) is 7.67. The van der Waals surface area contributed by atoms with Crippen molar-refractivity contribution in [3.63, 3.8) is 0 Å². The number of methoxy groups -OCH3 is 1. The largest absolute Gasteiger partial charge is 0.493 e. The summed E-state index contributed by atoms with van der Waals surface area (Å²) in [6, 6.07) is 9.96. The van der Waals surface area contributed by atoms with Crippen LogP contribution in [0.4, 0.5) is 11.5 Å². The van der Waals surface area contributed by atoms with Crippen molar-refractivity contribution in [1.82, 2.24) is 10.3 Å². The molecular weight excluding hydrogens is 378 g/mol. The molecule has 162 valence electrons. The minimum Gasteiger partial charge on any atom is -0.493 e. The Balaban J connectivity index is 1.56. The lowest BCUT2D eigenvalue weighted by atomic mass is 9.99. The Labute approximate surface area is 179 Å². The molecule has 0 atom stereocenters. The van der Waals surface area contributed by atoms with Crippen LogP contribution in [0.1, 0.15) is 32.3 Å². The molecule has 2 heterocycles. The number of ether oxygens (including phenoxy) is 2. The van der Waals surface area contributed by atoms with E-state index in [-0.39, 0.29) is 0 Å². The van der Waals surface area contributed by atoms with E-state index in [0.29, 0.717) is 30.6 Å². The third-order valence-electron chi connectivity index (χ3n) is 5.33. The van der Waals surface area contributed by atoms with Crippen LogP contribution >= 0.6 is 0 Å². The van der Waals surface area contributed by atoms with E-state index in [0.717, 1.165) is 36.1 Å². The Morgan fingerprint density at radius 2 is 2.00 bits per heavy atom. The summed E-state index contributed by atoms with van der Waals surface area (Å²) >= 11 is 0. The molecule has 0 radical (unpaired) electrons. The highest BCUT2D eigenvalue weighted by Gasteiger charge is 2.16. The standard InChI is InChI=1S/C23H33N5O2/c1-5-30-21-14-19(7-8-20(21)29-4)27-23(24-3)26-16-18-6-9-22(25-15-18)28-12-10-17(2)11-13-28/h6-9,14-15,17H,5,10-13,16H2,1-4H3,(H2,24,26,27). The third kappa shape index (κ3) is 5.78. The van der Waals surface area contributed by atoms with Crippen LogP contribution < -0.4 is 25.0 Å². The number of anilines is 2. The molecule has 1 aliphatic heterocycles. The van der Waals surface area contributed by atoms with Gasteiger partial charge in [-0.3, -0.25) is 4.99 Å². The Kier molecular flexibility index (Phi) is 7.76. The molecule has 0 aliphatic carbocycles. The Bertz CT molecular complexity index is 830. The topological polar surface area (TPSA) is 71.0 Å². The van der Waals surface area contributed by atoms with Crippen molar-refractivity contribution >= 4 is 17.5 Å². The number of hydrogen-bond donors (Lipinski definition) is 2. The van der Waals surface area contributed by atoms with Gasteiger partial charge in [-0.25, -0.2) is 4.98 Å². The maximum Gasteiger partial charge on any atom is 0.195 e. The van der Waals surface area contributed by atoms with Gasteiger partial charge in [0.2, 0.25) is 0 Å². The fraction of sp³-hybridized carbons (Fsp3) is 0.478. The van der Waals surface area contributed by atoms with E-state index in [4.69, 9.17) is 9.47 Å². The number of guanidine groups is 1. The van der Waals surface area contributed by atoms with Gasteiger partial charge in [0.25, 0.3) is 0 Å². The summed E-state index contributed by atoms with van der Waals surface area (Å²) < 4.78 is 11.0. The van der Waals surface area contributed by atoms with Crippen LogP contribution in [0, 0.1) is 5.92 Å². The maximum absolute atomic E-state index is 5.64. The minimum absolute atomic E-state index is 0.576. The van der Waals surface area contributed by atoms with Gasteiger partial charge in [-0.2, -0.15) is 0 Å². The van der Waals surface area contributed by atoms with Gasteiger partial charge in [-0.15, -0.1) is 0 Å². The summed E-state index contributed by atoms with van der Waals surface area (Å²) in [4.78, 5) is 11.3. The van der Waals surface area contributed by atoms with Crippen molar-refractivity contribution in [1.29, 1.82) is 0 Å². The van der Waals surface area contributed by atoms with E-state index in [2.05, 4.69) is 44.6 Å². The summed E-state index contributed by atoms with van der Waals surface area (Å²) in [7, 11) is 3.39. The monoisotopic (exact) mass is 411 g/mol. The van der Waals surface area contributed by atoms with E-state index in [1.54, 1.807) is 14.2 Å². The molecule has 0 saturated carbocycles. The fourth-order valence-corrected chi connectivity index (χ4v) is 3.47. The predicted molar refractivity (Wildman–Crippen MR) is 123 cm³/mol.